The van der Waals surface area contributed by atoms with E-state index in [9.17, 15) is 8.78 Å². The lowest BCUT2D eigenvalue weighted by molar-refractivity contribution is 0.234. The molecule has 0 N–H and O–H groups in total. The zero-order chi connectivity index (χ0) is 4.99. The second kappa shape index (κ2) is 2.96. The molecule has 0 aliphatic heterocycles. The summed E-state index contributed by atoms with van der Waals surface area (Å²) >= 11 is -0.340. The third kappa shape index (κ3) is 3.75. The average Bonchev–Trinajstić information content (AvgIpc) is 1.35. The predicted molar refractivity (Wildman–Crippen MR) is 19.2 cm³/mol. The summed E-state index contributed by atoms with van der Waals surface area (Å²) in [4.78, 5) is 0. The molecule has 0 unspecified atom stereocenters. The number of hydrogen-bond acceptors (Lipinski definition) is 1. The molecule has 0 aromatic rings. The molecule has 0 fully saturated rings. The number of halogens is 2. The van der Waals surface area contributed by atoms with Crippen LogP contribution in [0, 0.1) is 0 Å². The molecule has 1 nitrogen and oxygen atoms in total. The molecule has 0 bridgehead atoms. The second-order valence-electron chi connectivity index (χ2n) is 0.502. The minimum Gasteiger partial charge on any atom is -0.212 e. The van der Waals surface area contributed by atoms with Gasteiger partial charge in [0.05, 0.1) is 11.3 Å². The summed E-state index contributed by atoms with van der Waals surface area (Å²) in [6, 6.07) is 0. The van der Waals surface area contributed by atoms with Gasteiger partial charge in [-0.25, -0.2) is 13.0 Å². The van der Waals surface area contributed by atoms with Gasteiger partial charge in [-0.2, -0.15) is 0 Å². The molecular weight excluding hydrogens is 110 g/mol. The maximum absolute atomic E-state index is 10.7. The second-order valence-corrected chi connectivity index (χ2v) is 0.904. The van der Waals surface area contributed by atoms with Crippen LogP contribution in [-0.4, -0.2) is 16.0 Å². The van der Waals surface area contributed by atoms with E-state index in [1.807, 2.05) is 0 Å². The van der Waals surface area contributed by atoms with Crippen LogP contribution >= 0.6 is 0 Å². The topological polar surface area (TPSA) is 17.1 Å². The molecule has 6 heavy (non-hydrogen) atoms. The van der Waals surface area contributed by atoms with E-state index in [1.54, 1.807) is 0 Å². The summed E-state index contributed by atoms with van der Waals surface area (Å²) in [5, 5.41) is 1.24. The van der Waals surface area contributed by atoms with E-state index < -0.39 is 6.43 Å². The third-order valence-corrected chi connectivity index (χ3v) is 0.412. The lowest BCUT2D eigenvalue weighted by Crippen LogP contribution is -1.87. The summed E-state index contributed by atoms with van der Waals surface area (Å²) in [6.07, 6.45) is -2.70. The van der Waals surface area contributed by atoms with Gasteiger partial charge >= 0.3 is 0 Å². The van der Waals surface area contributed by atoms with Crippen molar-refractivity contribution in [3.63, 3.8) is 0 Å². The largest absolute Gasteiger partial charge is 0.277 e. The van der Waals surface area contributed by atoms with Crippen LogP contribution in [-0.2, 0) is 11.3 Å². The fraction of sp³-hybridized carbons (Fsp3) is 0.500. The molecule has 35 valence electrons. The molecule has 0 spiro atoms. The van der Waals surface area contributed by atoms with E-state index in [-0.39, 0.29) is 11.3 Å². The van der Waals surface area contributed by atoms with Gasteiger partial charge in [0.1, 0.15) is 5.37 Å². The molecule has 0 atom stereocenters. The van der Waals surface area contributed by atoms with Gasteiger partial charge in [-0.15, -0.1) is 0 Å². The molecule has 0 rings (SSSR count). The van der Waals surface area contributed by atoms with E-state index >= 15 is 0 Å². The van der Waals surface area contributed by atoms with Crippen molar-refractivity contribution < 1.29 is 13.0 Å². The van der Waals surface area contributed by atoms with Crippen LogP contribution in [0.25, 0.3) is 0 Å². The molecule has 0 aliphatic carbocycles. The zero-order valence-electron chi connectivity index (χ0n) is 2.65. The van der Waals surface area contributed by atoms with Gasteiger partial charge in [-0.05, 0) is 0 Å². The van der Waals surface area contributed by atoms with Gasteiger partial charge < -0.3 is 0 Å². The maximum Gasteiger partial charge on any atom is 0.277 e. The molecule has 0 aromatic heterocycles. The molecular formula is C2HF2OS. The van der Waals surface area contributed by atoms with E-state index in [4.69, 9.17) is 4.21 Å². The Hall–Kier alpha value is -0.250. The van der Waals surface area contributed by atoms with Crippen molar-refractivity contribution >= 4 is 16.6 Å². The van der Waals surface area contributed by atoms with Gasteiger partial charge in [0.2, 0.25) is 0 Å². The van der Waals surface area contributed by atoms with Crippen LogP contribution in [0.2, 0.25) is 0 Å². The SMILES string of the molecule is O=S=[C]C(F)F. The smallest absolute Gasteiger partial charge is 0.212 e. The molecule has 4 heteroatoms. The van der Waals surface area contributed by atoms with Crippen LogP contribution in [0.4, 0.5) is 8.78 Å². The van der Waals surface area contributed by atoms with E-state index in [2.05, 4.69) is 0 Å². The lowest BCUT2D eigenvalue weighted by atomic mass is 10.9. The summed E-state index contributed by atoms with van der Waals surface area (Å²) in [5.41, 5.74) is 0. The molecule has 0 saturated heterocycles. The highest BCUT2D eigenvalue weighted by atomic mass is 32.1. The molecule has 0 heterocycles. The number of alkyl halides is 2. The van der Waals surface area contributed by atoms with Crippen LogP contribution in [0.1, 0.15) is 0 Å². The summed E-state index contributed by atoms with van der Waals surface area (Å²) in [7, 11) is 0. The van der Waals surface area contributed by atoms with Gasteiger partial charge in [-0.3, -0.25) is 0 Å². The van der Waals surface area contributed by atoms with Crippen molar-refractivity contribution in [1.82, 2.24) is 0 Å². The molecule has 1 radical (unpaired) electrons. The van der Waals surface area contributed by atoms with E-state index in [0.29, 0.717) is 0 Å². The quantitative estimate of drug-likeness (QED) is 0.440. The monoisotopic (exact) mass is 111 g/mol. The first-order valence-corrected chi connectivity index (χ1v) is 1.84. The van der Waals surface area contributed by atoms with Gasteiger partial charge in [-0.1, -0.05) is 0 Å². The minimum absolute atomic E-state index is 0.340. The zero-order valence-corrected chi connectivity index (χ0v) is 3.47. The summed E-state index contributed by atoms with van der Waals surface area (Å²) in [6.45, 7) is 0. The highest BCUT2D eigenvalue weighted by molar-refractivity contribution is 7.64. The van der Waals surface area contributed by atoms with Crippen LogP contribution in [0.15, 0.2) is 0 Å². The number of rotatable bonds is 1. The van der Waals surface area contributed by atoms with E-state index in [0.717, 1.165) is 0 Å². The van der Waals surface area contributed by atoms with Gasteiger partial charge in [0.25, 0.3) is 6.43 Å². The Morgan fingerprint density at radius 1 is 1.67 bits per heavy atom. The Labute approximate surface area is 37.0 Å². The predicted octanol–water partition coefficient (Wildman–Crippen LogP) is 0.144. The van der Waals surface area contributed by atoms with Crippen molar-refractivity contribution in [2.45, 2.75) is 6.43 Å². The average molecular weight is 111 g/mol. The Morgan fingerprint density at radius 3 is 2.17 bits per heavy atom. The Kier molecular flexibility index (Phi) is 2.84. The van der Waals surface area contributed by atoms with Crippen LogP contribution in [0.3, 0.4) is 0 Å². The Bertz CT molecular complexity index is 75.6. The molecule has 0 saturated carbocycles. The third-order valence-electron chi connectivity index (χ3n) is 0.137. The van der Waals surface area contributed by atoms with Crippen molar-refractivity contribution in [1.29, 1.82) is 0 Å². The van der Waals surface area contributed by atoms with Crippen molar-refractivity contribution in [2.24, 2.45) is 0 Å². The van der Waals surface area contributed by atoms with Crippen molar-refractivity contribution in [2.75, 3.05) is 0 Å². The molecule has 0 amide bonds. The normalized spacial score (nSPS) is 8.50. The van der Waals surface area contributed by atoms with Crippen molar-refractivity contribution in [3.05, 3.63) is 0 Å². The summed E-state index contributed by atoms with van der Waals surface area (Å²) < 4.78 is 30.5. The number of hydrogen-bond donors (Lipinski definition) is 0. The molecule has 0 aromatic carbocycles. The Balaban J connectivity index is 3.29. The minimum atomic E-state index is -2.70. The molecule has 0 aliphatic rings. The first-order chi connectivity index (χ1) is 2.77. The standard InChI is InChI=1S/C2HF2OS/c3-2(4)1-6-5/h2H. The fourth-order valence-electron chi connectivity index (χ4n) is 0.0364. The van der Waals surface area contributed by atoms with Gasteiger partial charge in [0, 0.05) is 0 Å². The summed E-state index contributed by atoms with van der Waals surface area (Å²) in [5.74, 6) is 0. The van der Waals surface area contributed by atoms with Crippen LogP contribution < -0.4 is 0 Å². The first kappa shape index (κ1) is 5.75. The fourth-order valence-corrected chi connectivity index (χ4v) is 0.109. The highest BCUT2D eigenvalue weighted by Crippen LogP contribution is 1.81. The first-order valence-electron chi connectivity index (χ1n) is 1.10. The van der Waals surface area contributed by atoms with Gasteiger partial charge in [0.15, 0.2) is 0 Å². The lowest BCUT2D eigenvalue weighted by Gasteiger charge is -1.71. The highest BCUT2D eigenvalue weighted by Gasteiger charge is 1.91. The van der Waals surface area contributed by atoms with Crippen LogP contribution in [0.5, 0.6) is 0 Å². The maximum atomic E-state index is 10.7. The van der Waals surface area contributed by atoms with Crippen molar-refractivity contribution in [3.8, 4) is 0 Å². The Morgan fingerprint density at radius 2 is 2.17 bits per heavy atom. The van der Waals surface area contributed by atoms with E-state index in [1.165, 1.54) is 5.37 Å².